The number of nitrogens with one attached hydrogen (secondary N) is 2. The Bertz CT molecular complexity index is 1130. The monoisotopic (exact) mass is 401 g/mol. The minimum absolute atomic E-state index is 0.260. The van der Waals surface area contributed by atoms with Crippen molar-refractivity contribution >= 4 is 34.8 Å². The summed E-state index contributed by atoms with van der Waals surface area (Å²) in [4.78, 5) is 25.4. The fourth-order valence-electron chi connectivity index (χ4n) is 2.78. The molecule has 4 aromatic rings. The highest BCUT2D eigenvalue weighted by atomic mass is 35.5. The van der Waals surface area contributed by atoms with Gasteiger partial charge in [-0.15, -0.1) is 0 Å². The highest BCUT2D eigenvalue weighted by Gasteiger charge is 2.12. The van der Waals surface area contributed by atoms with Gasteiger partial charge in [0, 0.05) is 29.7 Å². The van der Waals surface area contributed by atoms with Crippen molar-refractivity contribution in [3.05, 3.63) is 96.0 Å². The van der Waals surface area contributed by atoms with Gasteiger partial charge in [-0.25, -0.2) is 9.97 Å². The van der Waals surface area contributed by atoms with Crippen molar-refractivity contribution in [3.63, 3.8) is 0 Å². The summed E-state index contributed by atoms with van der Waals surface area (Å²) in [6, 6.07) is 18.5. The van der Waals surface area contributed by atoms with Crippen molar-refractivity contribution in [2.45, 2.75) is 0 Å². The first-order valence-electron chi connectivity index (χ1n) is 8.84. The van der Waals surface area contributed by atoms with Crippen molar-refractivity contribution in [1.29, 1.82) is 0 Å². The zero-order valence-corrected chi connectivity index (χ0v) is 16.0. The van der Waals surface area contributed by atoms with Crippen molar-refractivity contribution < 1.29 is 4.79 Å². The zero-order valence-electron chi connectivity index (χ0n) is 15.2. The molecule has 0 bridgehead atoms. The number of aromatic nitrogens is 3. The van der Waals surface area contributed by atoms with Crippen LogP contribution in [0, 0.1) is 0 Å². The van der Waals surface area contributed by atoms with Crippen molar-refractivity contribution in [2.75, 3.05) is 10.6 Å². The van der Waals surface area contributed by atoms with Crippen LogP contribution in [0.2, 0.25) is 5.02 Å². The number of nitrogens with zero attached hydrogens (tertiary/aromatic N) is 3. The molecule has 0 radical (unpaired) electrons. The summed E-state index contributed by atoms with van der Waals surface area (Å²) in [5.41, 5.74) is 2.98. The molecule has 0 aliphatic heterocycles. The van der Waals surface area contributed by atoms with Gasteiger partial charge in [-0.3, -0.25) is 9.78 Å². The molecular formula is C22H16ClN5O. The van der Waals surface area contributed by atoms with E-state index in [1.807, 2.05) is 36.4 Å². The SMILES string of the molecule is O=C(Nc1cnccc1-c1ccccc1)c1ccnc(Nc2ccc(Cl)cn2)c1. The molecule has 0 saturated carbocycles. The molecule has 0 unspecified atom stereocenters. The highest BCUT2D eigenvalue weighted by Crippen LogP contribution is 2.27. The van der Waals surface area contributed by atoms with Crippen LogP contribution in [-0.2, 0) is 0 Å². The molecule has 0 aliphatic rings. The van der Waals surface area contributed by atoms with Gasteiger partial charge in [0.25, 0.3) is 5.91 Å². The first kappa shape index (κ1) is 18.6. The third-order valence-corrected chi connectivity index (χ3v) is 4.38. The molecule has 0 aliphatic carbocycles. The van der Waals surface area contributed by atoms with Gasteiger partial charge in [0.05, 0.1) is 16.9 Å². The quantitative estimate of drug-likeness (QED) is 0.481. The van der Waals surface area contributed by atoms with E-state index in [2.05, 4.69) is 25.6 Å². The lowest BCUT2D eigenvalue weighted by atomic mass is 10.1. The molecule has 0 spiro atoms. The number of halogens is 1. The van der Waals surface area contributed by atoms with E-state index >= 15 is 0 Å². The second-order valence-corrected chi connectivity index (χ2v) is 6.59. The maximum absolute atomic E-state index is 12.8. The smallest absolute Gasteiger partial charge is 0.255 e. The summed E-state index contributed by atoms with van der Waals surface area (Å²) in [6.45, 7) is 0. The Kier molecular flexibility index (Phi) is 5.45. The second kappa shape index (κ2) is 8.50. The van der Waals surface area contributed by atoms with Crippen molar-refractivity contribution in [2.24, 2.45) is 0 Å². The van der Waals surface area contributed by atoms with E-state index in [4.69, 9.17) is 11.6 Å². The molecule has 4 rings (SSSR count). The summed E-state index contributed by atoms with van der Waals surface area (Å²) in [7, 11) is 0. The molecule has 0 fully saturated rings. The largest absolute Gasteiger partial charge is 0.325 e. The predicted molar refractivity (Wildman–Crippen MR) is 114 cm³/mol. The Morgan fingerprint density at radius 2 is 1.72 bits per heavy atom. The molecule has 1 aromatic carbocycles. The van der Waals surface area contributed by atoms with E-state index in [1.54, 1.807) is 42.9 Å². The van der Waals surface area contributed by atoms with Gasteiger partial charge in [-0.05, 0) is 35.9 Å². The minimum atomic E-state index is -0.260. The van der Waals surface area contributed by atoms with E-state index in [-0.39, 0.29) is 5.91 Å². The fourth-order valence-corrected chi connectivity index (χ4v) is 2.89. The molecule has 0 saturated heterocycles. The predicted octanol–water partition coefficient (Wildman–Crippen LogP) is 5.19. The van der Waals surface area contributed by atoms with Gasteiger partial charge in [-0.2, -0.15) is 0 Å². The maximum atomic E-state index is 12.8. The fraction of sp³-hybridized carbons (Fsp3) is 0. The summed E-state index contributed by atoms with van der Waals surface area (Å²) in [5, 5.41) is 6.53. The number of anilines is 3. The lowest BCUT2D eigenvalue weighted by Gasteiger charge is -2.11. The first-order valence-corrected chi connectivity index (χ1v) is 9.22. The minimum Gasteiger partial charge on any atom is -0.325 e. The Balaban J connectivity index is 1.55. The molecular weight excluding hydrogens is 386 g/mol. The standard InChI is InChI=1S/C22H16ClN5O/c23-17-6-7-20(26-13-17)28-21-12-16(8-11-25-21)22(29)27-19-14-24-10-9-18(19)15-4-2-1-3-5-15/h1-14H,(H,27,29)(H,25,26,28). The molecule has 0 atom stereocenters. The normalized spacial score (nSPS) is 10.4. The number of carbonyl (C=O) groups excluding carboxylic acids is 1. The number of pyridine rings is 3. The number of benzene rings is 1. The van der Waals surface area contributed by atoms with Gasteiger partial charge in [0.15, 0.2) is 0 Å². The van der Waals surface area contributed by atoms with Crippen LogP contribution >= 0.6 is 11.6 Å². The van der Waals surface area contributed by atoms with Gasteiger partial charge in [-0.1, -0.05) is 41.9 Å². The Morgan fingerprint density at radius 3 is 2.52 bits per heavy atom. The van der Waals surface area contributed by atoms with Crippen molar-refractivity contribution in [3.8, 4) is 11.1 Å². The average Bonchev–Trinajstić information content (AvgIpc) is 2.76. The third-order valence-electron chi connectivity index (χ3n) is 4.16. The number of rotatable bonds is 5. The van der Waals surface area contributed by atoms with Crippen LogP contribution < -0.4 is 10.6 Å². The lowest BCUT2D eigenvalue weighted by Crippen LogP contribution is -2.13. The molecule has 3 aromatic heterocycles. The maximum Gasteiger partial charge on any atom is 0.255 e. The molecule has 29 heavy (non-hydrogen) atoms. The van der Waals surface area contributed by atoms with Gasteiger partial charge >= 0.3 is 0 Å². The van der Waals surface area contributed by atoms with Gasteiger partial charge < -0.3 is 10.6 Å². The van der Waals surface area contributed by atoms with Crippen LogP contribution in [0.15, 0.2) is 85.5 Å². The molecule has 142 valence electrons. The Hall–Kier alpha value is -3.77. The van der Waals surface area contributed by atoms with E-state index in [9.17, 15) is 4.79 Å². The van der Waals surface area contributed by atoms with Crippen LogP contribution in [0.5, 0.6) is 0 Å². The van der Waals surface area contributed by atoms with E-state index < -0.39 is 0 Å². The van der Waals surface area contributed by atoms with Gasteiger partial charge in [0.2, 0.25) is 0 Å². The Morgan fingerprint density at radius 1 is 0.862 bits per heavy atom. The first-order chi connectivity index (χ1) is 14.2. The highest BCUT2D eigenvalue weighted by molar-refractivity contribution is 6.30. The molecule has 3 heterocycles. The summed E-state index contributed by atoms with van der Waals surface area (Å²) < 4.78 is 0. The summed E-state index contributed by atoms with van der Waals surface area (Å²) >= 11 is 5.85. The van der Waals surface area contributed by atoms with Crippen LogP contribution in [0.1, 0.15) is 10.4 Å². The summed E-state index contributed by atoms with van der Waals surface area (Å²) in [6.07, 6.45) is 6.44. The van der Waals surface area contributed by atoms with Crippen LogP contribution in [0.4, 0.5) is 17.3 Å². The third kappa shape index (κ3) is 4.56. The molecule has 7 heteroatoms. The van der Waals surface area contributed by atoms with E-state index in [0.29, 0.717) is 27.9 Å². The van der Waals surface area contributed by atoms with E-state index in [1.165, 1.54) is 6.20 Å². The molecule has 2 N–H and O–H groups in total. The van der Waals surface area contributed by atoms with Crippen molar-refractivity contribution in [1.82, 2.24) is 15.0 Å². The average molecular weight is 402 g/mol. The number of hydrogen-bond acceptors (Lipinski definition) is 5. The molecule has 1 amide bonds. The van der Waals surface area contributed by atoms with Crippen LogP contribution in [0.3, 0.4) is 0 Å². The number of hydrogen-bond donors (Lipinski definition) is 2. The van der Waals surface area contributed by atoms with E-state index in [0.717, 1.165) is 11.1 Å². The number of amides is 1. The molecule has 6 nitrogen and oxygen atoms in total. The topological polar surface area (TPSA) is 79.8 Å². The van der Waals surface area contributed by atoms with Gasteiger partial charge in [0.1, 0.15) is 11.6 Å². The zero-order chi connectivity index (χ0) is 20.1. The Labute approximate surface area is 172 Å². The lowest BCUT2D eigenvalue weighted by molar-refractivity contribution is 0.102. The van der Waals surface area contributed by atoms with Crippen LogP contribution in [0.25, 0.3) is 11.1 Å². The number of carbonyl (C=O) groups is 1. The van der Waals surface area contributed by atoms with Crippen LogP contribution in [-0.4, -0.2) is 20.9 Å². The second-order valence-electron chi connectivity index (χ2n) is 6.16. The summed E-state index contributed by atoms with van der Waals surface area (Å²) in [5.74, 6) is 0.824.